The van der Waals surface area contributed by atoms with Crippen LogP contribution < -0.4 is 0 Å². The molecule has 24 heavy (non-hydrogen) atoms. The summed E-state index contributed by atoms with van der Waals surface area (Å²) < 4.78 is 29.7. The lowest BCUT2D eigenvalue weighted by Crippen LogP contribution is -2.27. The van der Waals surface area contributed by atoms with Gasteiger partial charge in [-0.05, 0) is 6.92 Å². The van der Waals surface area contributed by atoms with Crippen LogP contribution in [0, 0.1) is 0 Å². The lowest BCUT2D eigenvalue weighted by atomic mass is 9.84. The standard InChI is InChI=1S/C19H21O4P/c1-15-18(24(20,21-2)22-3)14-19(23-15,16-10-6-4-7-11-16)17-12-8-5-9-13-17/h4-13H,14H2,1-3H3. The quantitative estimate of drug-likeness (QED) is 0.711. The van der Waals surface area contributed by atoms with Gasteiger partial charge in [-0.25, -0.2) is 0 Å². The molecule has 0 atom stereocenters. The van der Waals surface area contributed by atoms with Gasteiger partial charge < -0.3 is 13.8 Å². The zero-order valence-electron chi connectivity index (χ0n) is 14.1. The van der Waals surface area contributed by atoms with Crippen molar-refractivity contribution in [2.24, 2.45) is 0 Å². The Bertz CT molecular complexity index is 736. The summed E-state index contributed by atoms with van der Waals surface area (Å²) in [5, 5.41) is 0.584. The first-order valence-corrected chi connectivity index (χ1v) is 9.32. The Balaban J connectivity index is 2.13. The molecule has 0 unspecified atom stereocenters. The third kappa shape index (κ3) is 2.71. The fourth-order valence-corrected chi connectivity index (χ4v) is 4.64. The first-order valence-electron chi connectivity index (χ1n) is 7.77. The highest BCUT2D eigenvalue weighted by Crippen LogP contribution is 2.63. The number of ether oxygens (including phenoxy) is 1. The van der Waals surface area contributed by atoms with Crippen LogP contribution in [0.5, 0.6) is 0 Å². The van der Waals surface area contributed by atoms with E-state index < -0.39 is 13.2 Å². The van der Waals surface area contributed by atoms with Crippen LogP contribution in [0.3, 0.4) is 0 Å². The summed E-state index contributed by atoms with van der Waals surface area (Å²) in [7, 11) is -0.554. The van der Waals surface area contributed by atoms with E-state index in [4.69, 9.17) is 13.8 Å². The third-order valence-corrected chi connectivity index (χ3v) is 6.54. The van der Waals surface area contributed by atoms with Gasteiger partial charge in [0.25, 0.3) is 0 Å². The van der Waals surface area contributed by atoms with Gasteiger partial charge in [-0.3, -0.25) is 4.57 Å². The molecule has 0 N–H and O–H groups in total. The largest absolute Gasteiger partial charge is 0.481 e. The van der Waals surface area contributed by atoms with E-state index >= 15 is 0 Å². The van der Waals surface area contributed by atoms with Crippen molar-refractivity contribution in [3.05, 3.63) is 82.9 Å². The second kappa shape index (κ2) is 6.56. The van der Waals surface area contributed by atoms with Gasteiger partial charge in [-0.1, -0.05) is 60.7 Å². The van der Waals surface area contributed by atoms with Crippen molar-refractivity contribution in [3.63, 3.8) is 0 Å². The summed E-state index contributed by atoms with van der Waals surface area (Å²) in [6.07, 6.45) is 0.422. The normalized spacial score (nSPS) is 17.0. The Morgan fingerprint density at radius 2 is 1.38 bits per heavy atom. The average molecular weight is 344 g/mol. The molecule has 1 aliphatic heterocycles. The predicted octanol–water partition coefficient (Wildman–Crippen LogP) is 5.07. The van der Waals surface area contributed by atoms with Gasteiger partial charge in [0, 0.05) is 31.8 Å². The average Bonchev–Trinajstić information content (AvgIpc) is 3.02. The number of hydrogen-bond acceptors (Lipinski definition) is 4. The predicted molar refractivity (Wildman–Crippen MR) is 93.7 cm³/mol. The van der Waals surface area contributed by atoms with Crippen LogP contribution in [0.25, 0.3) is 0 Å². The second-order valence-corrected chi connectivity index (χ2v) is 7.97. The Morgan fingerprint density at radius 3 is 1.79 bits per heavy atom. The van der Waals surface area contributed by atoms with Gasteiger partial charge in [-0.2, -0.15) is 0 Å². The van der Waals surface area contributed by atoms with E-state index in [1.165, 1.54) is 14.2 Å². The highest BCUT2D eigenvalue weighted by atomic mass is 31.2. The molecule has 0 aromatic heterocycles. The molecule has 1 aliphatic rings. The minimum atomic E-state index is -3.35. The molecule has 126 valence electrons. The van der Waals surface area contributed by atoms with Crippen molar-refractivity contribution in [1.82, 2.24) is 0 Å². The Kier molecular flexibility index (Phi) is 4.64. The Hall–Kier alpha value is -1.87. The number of hydrogen-bond donors (Lipinski definition) is 0. The van der Waals surface area contributed by atoms with Gasteiger partial charge in [0.1, 0.15) is 5.76 Å². The molecule has 0 radical (unpaired) electrons. The van der Waals surface area contributed by atoms with Crippen molar-refractivity contribution < 1.29 is 18.3 Å². The van der Waals surface area contributed by atoms with Crippen LogP contribution in [0.2, 0.25) is 0 Å². The topological polar surface area (TPSA) is 44.8 Å². The first-order chi connectivity index (χ1) is 11.6. The molecule has 5 heteroatoms. The molecule has 0 amide bonds. The van der Waals surface area contributed by atoms with Crippen LogP contribution in [-0.2, 0) is 24.0 Å². The van der Waals surface area contributed by atoms with E-state index in [-0.39, 0.29) is 0 Å². The van der Waals surface area contributed by atoms with Crippen molar-refractivity contribution in [2.75, 3.05) is 14.2 Å². The summed E-state index contributed by atoms with van der Waals surface area (Å²) in [6.45, 7) is 1.81. The maximum atomic E-state index is 12.9. The zero-order chi connectivity index (χ0) is 17.2. The van der Waals surface area contributed by atoms with Crippen molar-refractivity contribution in [2.45, 2.75) is 18.9 Å². The molecule has 2 aromatic rings. The minimum Gasteiger partial charge on any atom is -0.481 e. The molecule has 0 spiro atoms. The highest BCUT2D eigenvalue weighted by molar-refractivity contribution is 7.58. The molecule has 0 saturated heterocycles. The molecule has 4 nitrogen and oxygen atoms in total. The molecule has 2 aromatic carbocycles. The number of rotatable bonds is 5. The minimum absolute atomic E-state index is 0.422. The molecular weight excluding hydrogens is 323 g/mol. The SMILES string of the molecule is COP(=O)(OC)C1=C(C)OC(c2ccccc2)(c2ccccc2)C1. The zero-order valence-corrected chi connectivity index (χ0v) is 15.0. The van der Waals surface area contributed by atoms with Gasteiger partial charge >= 0.3 is 7.60 Å². The Morgan fingerprint density at radius 1 is 0.917 bits per heavy atom. The number of allylic oxidation sites excluding steroid dienone is 1. The maximum Gasteiger partial charge on any atom is 0.360 e. The summed E-state index contributed by atoms with van der Waals surface area (Å²) in [4.78, 5) is 0. The van der Waals surface area contributed by atoms with E-state index in [0.717, 1.165) is 11.1 Å². The fourth-order valence-electron chi connectivity index (χ4n) is 3.20. The van der Waals surface area contributed by atoms with E-state index in [1.807, 2.05) is 67.6 Å². The lowest BCUT2D eigenvalue weighted by Gasteiger charge is -2.31. The van der Waals surface area contributed by atoms with Crippen LogP contribution in [-0.4, -0.2) is 14.2 Å². The maximum absolute atomic E-state index is 12.9. The van der Waals surface area contributed by atoms with Crippen LogP contribution in [0.1, 0.15) is 24.5 Å². The van der Waals surface area contributed by atoms with Gasteiger partial charge in [0.05, 0.1) is 5.31 Å². The summed E-state index contributed by atoms with van der Waals surface area (Å²) in [6, 6.07) is 19.9. The molecule has 0 saturated carbocycles. The summed E-state index contributed by atoms with van der Waals surface area (Å²) >= 11 is 0. The van der Waals surface area contributed by atoms with Gasteiger partial charge in [0.2, 0.25) is 0 Å². The molecular formula is C19H21O4P. The van der Waals surface area contributed by atoms with E-state index in [2.05, 4.69) is 0 Å². The van der Waals surface area contributed by atoms with Crippen LogP contribution in [0.15, 0.2) is 71.7 Å². The number of benzene rings is 2. The molecule has 0 fully saturated rings. The van der Waals surface area contributed by atoms with Crippen LogP contribution >= 0.6 is 7.60 Å². The van der Waals surface area contributed by atoms with Crippen molar-refractivity contribution in [1.29, 1.82) is 0 Å². The van der Waals surface area contributed by atoms with Gasteiger partial charge in [-0.15, -0.1) is 0 Å². The van der Waals surface area contributed by atoms with Crippen molar-refractivity contribution >= 4 is 7.60 Å². The third-order valence-electron chi connectivity index (χ3n) is 4.44. The highest BCUT2D eigenvalue weighted by Gasteiger charge is 2.48. The second-order valence-electron chi connectivity index (χ2n) is 5.70. The lowest BCUT2D eigenvalue weighted by molar-refractivity contribution is 0.0623. The van der Waals surface area contributed by atoms with E-state index in [0.29, 0.717) is 17.5 Å². The Labute approximate surface area is 142 Å². The molecule has 0 aliphatic carbocycles. The summed E-state index contributed by atoms with van der Waals surface area (Å²) in [5.74, 6) is 0.592. The van der Waals surface area contributed by atoms with E-state index in [1.54, 1.807) is 0 Å². The molecule has 1 heterocycles. The molecule has 0 bridgehead atoms. The smallest absolute Gasteiger partial charge is 0.360 e. The van der Waals surface area contributed by atoms with E-state index in [9.17, 15) is 4.57 Å². The molecule has 3 rings (SSSR count). The van der Waals surface area contributed by atoms with Gasteiger partial charge in [0.15, 0.2) is 5.60 Å². The van der Waals surface area contributed by atoms with Crippen molar-refractivity contribution in [3.8, 4) is 0 Å². The fraction of sp³-hybridized carbons (Fsp3) is 0.263. The van der Waals surface area contributed by atoms with Crippen LogP contribution in [0.4, 0.5) is 0 Å². The summed E-state index contributed by atoms with van der Waals surface area (Å²) in [5.41, 5.74) is 1.28. The first kappa shape index (κ1) is 17.0. The monoisotopic (exact) mass is 344 g/mol.